The molecule has 1 aliphatic heterocycles. The van der Waals surface area contributed by atoms with Crippen molar-refractivity contribution in [2.24, 2.45) is 5.92 Å². The van der Waals surface area contributed by atoms with Crippen LogP contribution in [-0.4, -0.2) is 48.8 Å². The fourth-order valence-electron chi connectivity index (χ4n) is 2.63. The van der Waals surface area contributed by atoms with E-state index in [9.17, 15) is 9.59 Å². The molecule has 0 aromatic heterocycles. The number of hydrogen-bond acceptors (Lipinski definition) is 3. The van der Waals surface area contributed by atoms with Gasteiger partial charge in [0.2, 0.25) is 0 Å². The highest BCUT2D eigenvalue weighted by Crippen LogP contribution is 2.18. The van der Waals surface area contributed by atoms with Gasteiger partial charge in [-0.25, -0.2) is 4.79 Å². The molecule has 1 aliphatic rings. The van der Waals surface area contributed by atoms with E-state index in [0.29, 0.717) is 32.5 Å². The van der Waals surface area contributed by atoms with Crippen molar-refractivity contribution < 1.29 is 19.4 Å². The molecule has 2 rings (SSSR count). The topological polar surface area (TPSA) is 78.9 Å². The smallest absolute Gasteiger partial charge is 0.317 e. The third-order valence-corrected chi connectivity index (χ3v) is 4.03. The van der Waals surface area contributed by atoms with Crippen LogP contribution in [0.25, 0.3) is 0 Å². The summed E-state index contributed by atoms with van der Waals surface area (Å²) < 4.78 is 5.41. The van der Waals surface area contributed by atoms with Crippen molar-refractivity contribution in [1.82, 2.24) is 10.2 Å². The van der Waals surface area contributed by atoms with Crippen LogP contribution in [-0.2, 0) is 9.53 Å². The molecule has 1 aromatic carbocycles. The Morgan fingerprint density at radius 3 is 2.50 bits per heavy atom. The van der Waals surface area contributed by atoms with Crippen molar-refractivity contribution in [3.05, 3.63) is 35.9 Å². The number of nitrogens with one attached hydrogen (secondary N) is 1. The summed E-state index contributed by atoms with van der Waals surface area (Å²) in [5.41, 5.74) is 1.01. The van der Waals surface area contributed by atoms with Crippen molar-refractivity contribution in [2.75, 3.05) is 26.7 Å². The molecule has 6 heteroatoms. The van der Waals surface area contributed by atoms with Crippen molar-refractivity contribution in [2.45, 2.75) is 18.9 Å². The molecule has 0 aliphatic carbocycles. The van der Waals surface area contributed by atoms with Gasteiger partial charge in [-0.2, -0.15) is 0 Å². The Kier molecular flexibility index (Phi) is 5.77. The van der Waals surface area contributed by atoms with E-state index in [4.69, 9.17) is 9.84 Å². The summed E-state index contributed by atoms with van der Waals surface area (Å²) in [7, 11) is 1.61. The Bertz CT molecular complexity index is 498. The quantitative estimate of drug-likeness (QED) is 0.870. The van der Waals surface area contributed by atoms with Crippen molar-refractivity contribution in [3.8, 4) is 0 Å². The van der Waals surface area contributed by atoms with E-state index in [2.05, 4.69) is 5.32 Å². The molecular weight excluding hydrogens is 284 g/mol. The van der Waals surface area contributed by atoms with E-state index in [1.54, 1.807) is 12.0 Å². The molecule has 1 aromatic rings. The predicted octanol–water partition coefficient (Wildman–Crippen LogP) is 1.88. The second-order valence-electron chi connectivity index (χ2n) is 5.42. The van der Waals surface area contributed by atoms with Crippen LogP contribution in [0, 0.1) is 5.92 Å². The summed E-state index contributed by atoms with van der Waals surface area (Å²) in [5.74, 6) is -1.11. The number of urea groups is 1. The number of carbonyl (C=O) groups excluding carboxylic acids is 1. The van der Waals surface area contributed by atoms with Crippen LogP contribution in [0.3, 0.4) is 0 Å². The first-order valence-corrected chi connectivity index (χ1v) is 7.45. The number of piperidine rings is 1. The molecule has 0 bridgehead atoms. The van der Waals surface area contributed by atoms with Gasteiger partial charge in [0.15, 0.2) is 0 Å². The first-order chi connectivity index (χ1) is 10.6. The minimum absolute atomic E-state index is 0.165. The molecule has 2 amide bonds. The van der Waals surface area contributed by atoms with E-state index in [0.717, 1.165) is 5.56 Å². The molecule has 2 N–H and O–H groups in total. The van der Waals surface area contributed by atoms with Gasteiger partial charge in [0, 0.05) is 26.7 Å². The lowest BCUT2D eigenvalue weighted by atomic mass is 9.97. The first-order valence-electron chi connectivity index (χ1n) is 7.45. The number of hydrogen-bond donors (Lipinski definition) is 2. The van der Waals surface area contributed by atoms with E-state index in [-0.39, 0.29) is 18.1 Å². The number of aliphatic carboxylic acids is 1. The zero-order valence-electron chi connectivity index (χ0n) is 12.7. The minimum Gasteiger partial charge on any atom is -0.481 e. The number of benzene rings is 1. The third kappa shape index (κ3) is 4.21. The Labute approximate surface area is 130 Å². The number of carboxylic acids is 1. The van der Waals surface area contributed by atoms with Crippen molar-refractivity contribution in [3.63, 3.8) is 0 Å². The van der Waals surface area contributed by atoms with Crippen molar-refractivity contribution in [1.29, 1.82) is 0 Å². The zero-order chi connectivity index (χ0) is 15.9. The summed E-state index contributed by atoms with van der Waals surface area (Å²) in [4.78, 5) is 24.7. The molecule has 1 fully saturated rings. The molecule has 0 radical (unpaired) electrons. The van der Waals surface area contributed by atoms with Gasteiger partial charge >= 0.3 is 12.0 Å². The predicted molar refractivity (Wildman–Crippen MR) is 81.5 cm³/mol. The van der Waals surface area contributed by atoms with E-state index in [1.807, 2.05) is 30.3 Å². The number of rotatable bonds is 5. The van der Waals surface area contributed by atoms with Gasteiger partial charge in [-0.05, 0) is 18.4 Å². The minimum atomic E-state index is -0.774. The zero-order valence-corrected chi connectivity index (χ0v) is 12.7. The molecule has 120 valence electrons. The van der Waals surface area contributed by atoms with Gasteiger partial charge < -0.3 is 20.1 Å². The highest BCUT2D eigenvalue weighted by atomic mass is 16.5. The van der Waals surface area contributed by atoms with Crippen LogP contribution in [0.15, 0.2) is 30.3 Å². The standard InChI is InChI=1S/C16H22N2O4/c1-22-14(12-5-3-2-4-6-12)11-17-16(21)18-9-7-13(8-10-18)15(19)20/h2-6,13-14H,7-11H2,1H3,(H,17,21)(H,19,20). The highest BCUT2D eigenvalue weighted by Gasteiger charge is 2.27. The van der Waals surface area contributed by atoms with Gasteiger partial charge in [0.1, 0.15) is 0 Å². The second kappa shape index (κ2) is 7.79. The average molecular weight is 306 g/mol. The van der Waals surface area contributed by atoms with Gasteiger partial charge in [-0.1, -0.05) is 30.3 Å². The maximum absolute atomic E-state index is 12.1. The van der Waals surface area contributed by atoms with Crippen LogP contribution in [0.5, 0.6) is 0 Å². The third-order valence-electron chi connectivity index (χ3n) is 4.03. The molecule has 0 spiro atoms. The normalized spacial score (nSPS) is 17.0. The van der Waals surface area contributed by atoms with Gasteiger partial charge in [0.25, 0.3) is 0 Å². The van der Waals surface area contributed by atoms with E-state index < -0.39 is 5.97 Å². The Morgan fingerprint density at radius 1 is 1.32 bits per heavy atom. The molecule has 22 heavy (non-hydrogen) atoms. The number of carboxylic acid groups (broad SMARTS) is 1. The molecule has 6 nitrogen and oxygen atoms in total. The van der Waals surface area contributed by atoms with E-state index >= 15 is 0 Å². The van der Waals surface area contributed by atoms with Crippen LogP contribution in [0.4, 0.5) is 4.79 Å². The summed E-state index contributed by atoms with van der Waals surface area (Å²) in [6.45, 7) is 1.34. The Morgan fingerprint density at radius 2 is 1.95 bits per heavy atom. The van der Waals surface area contributed by atoms with E-state index in [1.165, 1.54) is 0 Å². The number of ether oxygens (including phenoxy) is 1. The summed E-state index contributed by atoms with van der Waals surface area (Å²) in [6.07, 6.45) is 0.825. The molecule has 1 atom stereocenters. The largest absolute Gasteiger partial charge is 0.481 e. The lowest BCUT2D eigenvalue weighted by molar-refractivity contribution is -0.143. The first kappa shape index (κ1) is 16.3. The number of amides is 2. The van der Waals surface area contributed by atoms with Crippen LogP contribution < -0.4 is 5.32 Å². The maximum atomic E-state index is 12.1. The number of nitrogens with zero attached hydrogens (tertiary/aromatic N) is 1. The summed E-state index contributed by atoms with van der Waals surface area (Å²) in [5, 5.41) is 11.8. The number of methoxy groups -OCH3 is 1. The fraction of sp³-hybridized carbons (Fsp3) is 0.500. The number of carbonyl (C=O) groups is 2. The maximum Gasteiger partial charge on any atom is 0.317 e. The molecular formula is C16H22N2O4. The SMILES string of the molecule is COC(CNC(=O)N1CCC(C(=O)O)CC1)c1ccccc1. The summed E-state index contributed by atoms with van der Waals surface area (Å²) in [6, 6.07) is 9.54. The highest BCUT2D eigenvalue weighted by molar-refractivity contribution is 5.75. The van der Waals surface area contributed by atoms with Crippen LogP contribution in [0.1, 0.15) is 24.5 Å². The van der Waals surface area contributed by atoms with Crippen LogP contribution in [0.2, 0.25) is 0 Å². The molecule has 1 heterocycles. The van der Waals surface area contributed by atoms with Crippen LogP contribution >= 0.6 is 0 Å². The number of likely N-dealkylation sites (tertiary alicyclic amines) is 1. The molecule has 1 saturated heterocycles. The van der Waals surface area contributed by atoms with Gasteiger partial charge in [-0.3, -0.25) is 4.79 Å². The molecule has 1 unspecified atom stereocenters. The average Bonchev–Trinajstić information content (AvgIpc) is 2.56. The lowest BCUT2D eigenvalue weighted by Crippen LogP contribution is -2.46. The summed E-state index contributed by atoms with van der Waals surface area (Å²) >= 11 is 0. The molecule has 0 saturated carbocycles. The Hall–Kier alpha value is -2.08. The monoisotopic (exact) mass is 306 g/mol. The lowest BCUT2D eigenvalue weighted by Gasteiger charge is -2.30. The van der Waals surface area contributed by atoms with Gasteiger partial charge in [0.05, 0.1) is 12.0 Å². The van der Waals surface area contributed by atoms with Crippen molar-refractivity contribution >= 4 is 12.0 Å². The Balaban J connectivity index is 1.81. The second-order valence-corrected chi connectivity index (χ2v) is 5.42. The fourth-order valence-corrected chi connectivity index (χ4v) is 2.63. The van der Waals surface area contributed by atoms with Gasteiger partial charge in [-0.15, -0.1) is 0 Å².